The Kier molecular flexibility index (Phi) is 13.3. The summed E-state index contributed by atoms with van der Waals surface area (Å²) in [6, 6.07) is 73.1. The maximum absolute atomic E-state index is 7.24. The third-order valence-corrected chi connectivity index (χ3v) is 15.6. The fourth-order valence-corrected chi connectivity index (χ4v) is 11.1. The Bertz CT molecular complexity index is 4210. The van der Waals surface area contributed by atoms with Gasteiger partial charge in [-0.2, -0.15) is 4.68 Å². The second-order valence-corrected chi connectivity index (χ2v) is 24.6. The van der Waals surface area contributed by atoms with Crippen molar-refractivity contribution in [1.29, 1.82) is 0 Å². The Balaban J connectivity index is 1.10. The Morgan fingerprint density at radius 3 is 1.64 bits per heavy atom. The van der Waals surface area contributed by atoms with Crippen LogP contribution in [0.5, 0.6) is 11.5 Å². The van der Waals surface area contributed by atoms with E-state index in [4.69, 9.17) is 19.8 Å². The Morgan fingerprint density at radius 2 is 1.04 bits per heavy atom. The van der Waals surface area contributed by atoms with E-state index >= 15 is 0 Å². The van der Waals surface area contributed by atoms with Gasteiger partial charge in [0.15, 0.2) is 5.82 Å². The Morgan fingerprint density at radius 1 is 0.444 bits per heavy atom. The lowest BCUT2D eigenvalue weighted by molar-refractivity contribution is -0.659. The van der Waals surface area contributed by atoms with Crippen LogP contribution in [-0.4, -0.2) is 24.2 Å². The van der Waals surface area contributed by atoms with Crippen molar-refractivity contribution in [2.75, 3.05) is 0 Å². The summed E-state index contributed by atoms with van der Waals surface area (Å²) < 4.78 is 13.5. The quantitative estimate of drug-likeness (QED) is 0.101. The topological polar surface area (TPSA) is 61.6 Å². The van der Waals surface area contributed by atoms with Gasteiger partial charge < -0.3 is 4.74 Å². The zero-order valence-corrected chi connectivity index (χ0v) is 48.3. The van der Waals surface area contributed by atoms with Crippen LogP contribution in [0.25, 0.3) is 95.2 Å². The maximum atomic E-state index is 7.24. The molecule has 0 saturated carbocycles. The number of pyridine rings is 2. The van der Waals surface area contributed by atoms with Gasteiger partial charge in [-0.25, -0.2) is 4.98 Å². The van der Waals surface area contributed by atoms with Gasteiger partial charge in [-0.1, -0.05) is 214 Å². The molecular weight excluding hydrogens is 989 g/mol. The van der Waals surface area contributed by atoms with Gasteiger partial charge in [0.2, 0.25) is 0 Å². The van der Waals surface area contributed by atoms with Crippen LogP contribution in [0.4, 0.5) is 0 Å². The highest BCUT2D eigenvalue weighted by Crippen LogP contribution is 2.41. The van der Waals surface area contributed by atoms with Gasteiger partial charge in [-0.3, -0.25) is 14.1 Å². The summed E-state index contributed by atoms with van der Waals surface area (Å²) in [4.78, 5) is 10.6. The van der Waals surface area contributed by atoms with Crippen LogP contribution in [0, 0.1) is 20.2 Å². The highest BCUT2D eigenvalue weighted by molar-refractivity contribution is 6.10. The van der Waals surface area contributed by atoms with Gasteiger partial charge in [0.1, 0.15) is 23.1 Å². The van der Waals surface area contributed by atoms with E-state index < -0.39 is 0 Å². The molecule has 8 aromatic carbocycles. The molecule has 4 aromatic heterocycles. The minimum atomic E-state index is -0.155. The molecule has 0 fully saturated rings. The molecule has 400 valence electrons. The fraction of sp³-hybridized carbons (Fsp3) is 0.189. The zero-order valence-electron chi connectivity index (χ0n) is 48.3. The van der Waals surface area contributed by atoms with Crippen LogP contribution in [0.2, 0.25) is 0 Å². The molecule has 0 aliphatic heterocycles. The molecule has 0 aliphatic rings. The molecular formula is C74H68N6O. The molecule has 0 radical (unpaired) electrons. The van der Waals surface area contributed by atoms with Crippen molar-refractivity contribution < 1.29 is 9.42 Å². The monoisotopic (exact) mass is 1060 g/mol. The molecule has 0 saturated heterocycles. The first kappa shape index (κ1) is 52.5. The van der Waals surface area contributed by atoms with Gasteiger partial charge in [0, 0.05) is 46.3 Å². The summed E-state index contributed by atoms with van der Waals surface area (Å²) >= 11 is 0. The molecule has 0 aliphatic carbocycles. The molecule has 7 heteroatoms. The molecule has 4 heterocycles. The normalized spacial score (nSPS) is 12.1. The van der Waals surface area contributed by atoms with Gasteiger partial charge in [0.25, 0.3) is 6.33 Å². The minimum Gasteiger partial charge on any atom is -0.458 e. The summed E-state index contributed by atoms with van der Waals surface area (Å²) in [7, 11) is 0. The van der Waals surface area contributed by atoms with E-state index in [2.05, 4.69) is 287 Å². The number of ether oxygens (including phenoxy) is 1. The van der Waals surface area contributed by atoms with Crippen molar-refractivity contribution in [3.05, 3.63) is 247 Å². The molecule has 12 aromatic rings. The second kappa shape index (κ2) is 20.5. The number of hydrogen-bond acceptors (Lipinski definition) is 4. The number of nitrogens with zero attached hydrogens (tertiary/aromatic N) is 6. The first-order valence-electron chi connectivity index (χ1n) is 28.1. The van der Waals surface area contributed by atoms with Crippen molar-refractivity contribution in [2.45, 2.75) is 92.4 Å². The molecule has 0 amide bonds. The van der Waals surface area contributed by atoms with E-state index in [0.29, 0.717) is 23.1 Å². The number of aryl methyl sites for hydroxylation is 2. The highest BCUT2D eigenvalue weighted by atomic mass is 16.5. The average Bonchev–Trinajstić information content (AvgIpc) is 4.08. The van der Waals surface area contributed by atoms with E-state index in [1.54, 1.807) is 0 Å². The lowest BCUT2D eigenvalue weighted by atomic mass is 9.79. The van der Waals surface area contributed by atoms with Crippen molar-refractivity contribution >= 4 is 21.8 Å². The molecule has 0 N–H and O–H groups in total. The Hall–Kier alpha value is -9.20. The molecule has 0 unspecified atom stereocenters. The van der Waals surface area contributed by atoms with Gasteiger partial charge >= 0.3 is 0 Å². The van der Waals surface area contributed by atoms with E-state index in [1.165, 1.54) is 22.3 Å². The maximum Gasteiger partial charge on any atom is 0.275 e. The number of benzene rings is 8. The molecule has 12 rings (SSSR count). The van der Waals surface area contributed by atoms with Crippen LogP contribution >= 0.6 is 0 Å². The van der Waals surface area contributed by atoms with Crippen molar-refractivity contribution in [3.63, 3.8) is 0 Å². The van der Waals surface area contributed by atoms with E-state index in [1.807, 2.05) is 21.5 Å². The molecule has 0 bridgehead atoms. The van der Waals surface area contributed by atoms with Crippen LogP contribution < -0.4 is 9.42 Å². The van der Waals surface area contributed by atoms with E-state index in [0.717, 1.165) is 89.1 Å². The van der Waals surface area contributed by atoms with E-state index in [9.17, 15) is 0 Å². The number of fused-ring (bicyclic) bond motifs is 3. The van der Waals surface area contributed by atoms with Crippen molar-refractivity contribution in [1.82, 2.24) is 24.2 Å². The van der Waals surface area contributed by atoms with Crippen molar-refractivity contribution in [2.24, 2.45) is 0 Å². The molecule has 0 spiro atoms. The molecule has 7 nitrogen and oxygen atoms in total. The van der Waals surface area contributed by atoms with Crippen LogP contribution in [0.3, 0.4) is 0 Å². The number of aromatic nitrogens is 6. The minimum absolute atomic E-state index is 0.0804. The fourth-order valence-electron chi connectivity index (χ4n) is 11.1. The summed E-state index contributed by atoms with van der Waals surface area (Å²) in [5.41, 5.74) is 17.7. The lowest BCUT2D eigenvalue weighted by Gasteiger charge is -2.26. The summed E-state index contributed by atoms with van der Waals surface area (Å²) in [5.74, 6) is 3.44. The number of hydrogen-bond donors (Lipinski definition) is 0. The largest absolute Gasteiger partial charge is 0.458 e. The third kappa shape index (κ3) is 10.3. The highest BCUT2D eigenvalue weighted by Gasteiger charge is 2.27. The van der Waals surface area contributed by atoms with Gasteiger partial charge in [-0.05, 0) is 128 Å². The van der Waals surface area contributed by atoms with Crippen LogP contribution in [0.15, 0.2) is 212 Å². The molecule has 0 atom stereocenters. The number of para-hydroxylation sites is 1. The average molecular weight is 1060 g/mol. The summed E-state index contributed by atoms with van der Waals surface area (Å²) in [5, 5.41) is 7.91. The summed E-state index contributed by atoms with van der Waals surface area (Å²) in [6.07, 6.45) is 5.77. The first-order valence-corrected chi connectivity index (χ1v) is 28.1. The van der Waals surface area contributed by atoms with Gasteiger partial charge in [-0.15, -0.1) is 5.10 Å². The van der Waals surface area contributed by atoms with Crippen LogP contribution in [-0.2, 0) is 16.2 Å². The predicted molar refractivity (Wildman–Crippen MR) is 333 cm³/mol. The van der Waals surface area contributed by atoms with Crippen LogP contribution in [0.1, 0.15) is 90.1 Å². The first-order chi connectivity index (χ1) is 38.9. The summed E-state index contributed by atoms with van der Waals surface area (Å²) in [6.45, 7) is 24.7. The third-order valence-electron chi connectivity index (χ3n) is 15.6. The lowest BCUT2D eigenvalue weighted by Crippen LogP contribution is -2.34. The Labute approximate surface area is 476 Å². The number of rotatable bonds is 10. The molecule has 81 heavy (non-hydrogen) atoms. The van der Waals surface area contributed by atoms with Gasteiger partial charge in [0.05, 0.1) is 22.4 Å². The van der Waals surface area contributed by atoms with E-state index in [-0.39, 0.29) is 16.2 Å². The smallest absolute Gasteiger partial charge is 0.275 e. The SMILES string of the molecule is Cc1cccc(C)c1-c1cc(Oc2ccc3c4cc(-c5ccccc5)ccc4n(-c4cc(C(C)(C)C)ccn4)c3c2)cc(-n2[c-][n+](-c3c(-c4ccccc4)cccc3-c3ccccc3)nc2-c2cc(C(C)(C)C)cc(C(C)(C)C)c2)n1. The zero-order chi connectivity index (χ0) is 56.4. The predicted octanol–water partition coefficient (Wildman–Crippen LogP) is 18.5. The second-order valence-electron chi connectivity index (χ2n) is 24.6. The van der Waals surface area contributed by atoms with Crippen molar-refractivity contribution in [3.8, 4) is 84.8 Å². The standard InChI is InChI=1S/C74H68N6O/c1-48-23-21-24-49(2)69(48)64-44-59(81-58-34-35-62-63-41-53(50-25-15-12-16-26-50)33-36-65(63)80(66(62)45-58)67-43-55(37-38-75-67)72(3,4)5)46-68(76-64)78-47-79(77-71(78)54-39-56(73(6,7)8)42-57(40-54)74(9,10)11)70-60(51-27-17-13-18-28-51)31-22-32-61(70)52-29-19-14-20-30-52/h12-46H,1-11H3.